The lowest BCUT2D eigenvalue weighted by Crippen LogP contribution is -2.40. The first-order valence-electron chi connectivity index (χ1n) is 11.7. The second-order valence-electron chi connectivity index (χ2n) is 8.68. The predicted molar refractivity (Wildman–Crippen MR) is 123 cm³/mol. The van der Waals surface area contributed by atoms with E-state index < -0.39 is 0 Å². The molecule has 0 radical (unpaired) electrons. The number of allylic oxidation sites excluding steroid dienone is 3. The maximum absolute atomic E-state index is 13.1. The number of fused-ring (bicyclic) bond motifs is 1. The highest BCUT2D eigenvalue weighted by molar-refractivity contribution is 5.97. The number of nitrogens with zero attached hydrogens (tertiary/aromatic N) is 1. The third kappa shape index (κ3) is 4.59. The summed E-state index contributed by atoms with van der Waals surface area (Å²) in [5, 5.41) is 3.10. The summed E-state index contributed by atoms with van der Waals surface area (Å²) in [5.41, 5.74) is 9.66. The SMILES string of the molecule is CCN(c1cccc(C(=O)NCC2=C3CCCCC3=C(C)NO2)c1C)C1CCOCC1. The molecule has 1 aliphatic carbocycles. The van der Waals surface area contributed by atoms with Crippen LogP contribution in [0, 0.1) is 6.92 Å². The predicted octanol–water partition coefficient (Wildman–Crippen LogP) is 4.37. The van der Waals surface area contributed by atoms with Crippen LogP contribution in [0.3, 0.4) is 0 Å². The van der Waals surface area contributed by atoms with Crippen LogP contribution in [0.2, 0.25) is 0 Å². The quantitative estimate of drug-likeness (QED) is 0.709. The summed E-state index contributed by atoms with van der Waals surface area (Å²) in [4.78, 5) is 21.3. The standard InChI is InChI=1S/C25H35N3O3/c1-4-28(19-12-14-30-15-13-19)23-11-7-10-20(17(23)2)25(29)26-16-24-22-9-6-5-8-21(22)18(3)27-31-24/h7,10-11,19,27H,4-6,8-9,12-16H2,1-3H3,(H,26,29). The Bertz CT molecular complexity index is 884. The van der Waals surface area contributed by atoms with E-state index in [-0.39, 0.29) is 5.91 Å². The molecule has 1 saturated heterocycles. The van der Waals surface area contributed by atoms with Gasteiger partial charge in [0.15, 0.2) is 5.76 Å². The van der Waals surface area contributed by atoms with Gasteiger partial charge in [-0.2, -0.15) is 0 Å². The molecule has 1 amide bonds. The van der Waals surface area contributed by atoms with Crippen molar-refractivity contribution in [1.29, 1.82) is 0 Å². The van der Waals surface area contributed by atoms with Crippen molar-refractivity contribution >= 4 is 11.6 Å². The maximum atomic E-state index is 13.1. The van der Waals surface area contributed by atoms with Gasteiger partial charge in [0.2, 0.25) is 0 Å². The molecule has 1 saturated carbocycles. The smallest absolute Gasteiger partial charge is 0.252 e. The zero-order valence-electron chi connectivity index (χ0n) is 19.1. The molecule has 1 aromatic carbocycles. The Morgan fingerprint density at radius 3 is 2.65 bits per heavy atom. The number of amides is 1. The molecule has 3 aliphatic rings. The van der Waals surface area contributed by atoms with Crippen LogP contribution in [-0.2, 0) is 9.57 Å². The topological polar surface area (TPSA) is 62.8 Å². The Kier molecular flexibility index (Phi) is 6.86. The van der Waals surface area contributed by atoms with Gasteiger partial charge < -0.3 is 19.8 Å². The molecule has 0 aromatic heterocycles. The second-order valence-corrected chi connectivity index (χ2v) is 8.68. The van der Waals surface area contributed by atoms with Crippen molar-refractivity contribution < 1.29 is 14.4 Å². The van der Waals surface area contributed by atoms with Gasteiger partial charge in [-0.3, -0.25) is 4.79 Å². The Hall–Kier alpha value is -2.47. The van der Waals surface area contributed by atoms with Crippen molar-refractivity contribution in [3.63, 3.8) is 0 Å². The van der Waals surface area contributed by atoms with E-state index in [1.165, 1.54) is 24.0 Å². The first kappa shape index (κ1) is 21.8. The fourth-order valence-electron chi connectivity index (χ4n) is 5.09. The minimum absolute atomic E-state index is 0.0530. The summed E-state index contributed by atoms with van der Waals surface area (Å²) in [6.45, 7) is 9.23. The van der Waals surface area contributed by atoms with E-state index in [0.29, 0.717) is 12.6 Å². The van der Waals surface area contributed by atoms with Crippen LogP contribution in [0.5, 0.6) is 0 Å². The van der Waals surface area contributed by atoms with Gasteiger partial charge in [0, 0.05) is 48.3 Å². The summed E-state index contributed by atoms with van der Waals surface area (Å²) in [6.07, 6.45) is 6.54. The van der Waals surface area contributed by atoms with Gasteiger partial charge in [-0.05, 0) is 82.6 Å². The molecule has 1 aromatic rings. The Morgan fingerprint density at radius 1 is 1.16 bits per heavy atom. The molecule has 0 bridgehead atoms. The summed E-state index contributed by atoms with van der Waals surface area (Å²) in [7, 11) is 0. The van der Waals surface area contributed by atoms with Gasteiger partial charge in [0.05, 0.1) is 6.54 Å². The van der Waals surface area contributed by atoms with Crippen LogP contribution in [0.25, 0.3) is 0 Å². The van der Waals surface area contributed by atoms with Crippen molar-refractivity contribution in [2.24, 2.45) is 0 Å². The molecule has 2 aliphatic heterocycles. The van der Waals surface area contributed by atoms with Crippen molar-refractivity contribution in [3.8, 4) is 0 Å². The molecule has 6 nitrogen and oxygen atoms in total. The average Bonchev–Trinajstić information content (AvgIpc) is 2.81. The molecule has 6 heteroatoms. The van der Waals surface area contributed by atoms with E-state index in [1.54, 1.807) is 0 Å². The van der Waals surface area contributed by atoms with Gasteiger partial charge in [-0.15, -0.1) is 0 Å². The van der Waals surface area contributed by atoms with Crippen molar-refractivity contribution in [1.82, 2.24) is 10.8 Å². The number of ether oxygens (including phenoxy) is 1. The zero-order valence-corrected chi connectivity index (χ0v) is 19.1. The van der Waals surface area contributed by atoms with E-state index in [4.69, 9.17) is 9.57 Å². The lowest BCUT2D eigenvalue weighted by atomic mass is 9.87. The maximum Gasteiger partial charge on any atom is 0.252 e. The van der Waals surface area contributed by atoms with Crippen LogP contribution in [-0.4, -0.2) is 38.3 Å². The van der Waals surface area contributed by atoms with Crippen LogP contribution in [0.1, 0.15) is 68.3 Å². The highest BCUT2D eigenvalue weighted by Crippen LogP contribution is 2.35. The number of rotatable bonds is 6. The summed E-state index contributed by atoms with van der Waals surface area (Å²) < 4.78 is 5.54. The molecular weight excluding hydrogens is 390 g/mol. The van der Waals surface area contributed by atoms with E-state index in [0.717, 1.165) is 73.7 Å². The summed E-state index contributed by atoms with van der Waals surface area (Å²) >= 11 is 0. The Labute approximate surface area is 185 Å². The minimum Gasteiger partial charge on any atom is -0.385 e. The first-order chi connectivity index (χ1) is 15.1. The van der Waals surface area contributed by atoms with E-state index >= 15 is 0 Å². The summed E-state index contributed by atoms with van der Waals surface area (Å²) in [5.74, 6) is 0.794. The zero-order chi connectivity index (χ0) is 21.8. The largest absolute Gasteiger partial charge is 0.385 e. The molecule has 2 heterocycles. The van der Waals surface area contributed by atoms with Crippen molar-refractivity contribution in [2.75, 3.05) is 31.2 Å². The number of hydrogen-bond donors (Lipinski definition) is 2. The normalized spacial score (nSPS) is 19.5. The second kappa shape index (κ2) is 9.77. The number of hydrogen-bond acceptors (Lipinski definition) is 5. The molecular formula is C25H35N3O3. The lowest BCUT2D eigenvalue weighted by molar-refractivity contribution is 0.0845. The molecule has 2 fully saturated rings. The number of anilines is 1. The number of carbonyl (C=O) groups is 1. The van der Waals surface area contributed by atoms with Gasteiger partial charge >= 0.3 is 0 Å². The van der Waals surface area contributed by atoms with Gasteiger partial charge in [0.25, 0.3) is 5.91 Å². The average molecular weight is 426 g/mol. The molecule has 2 N–H and O–H groups in total. The highest BCUT2D eigenvalue weighted by Gasteiger charge is 2.26. The van der Waals surface area contributed by atoms with Crippen LogP contribution >= 0.6 is 0 Å². The van der Waals surface area contributed by atoms with Gasteiger partial charge in [-0.25, -0.2) is 5.48 Å². The van der Waals surface area contributed by atoms with E-state index in [9.17, 15) is 4.79 Å². The monoisotopic (exact) mass is 425 g/mol. The number of hydroxylamine groups is 1. The molecule has 168 valence electrons. The fraction of sp³-hybridized carbons (Fsp3) is 0.560. The van der Waals surface area contributed by atoms with Gasteiger partial charge in [0.1, 0.15) is 0 Å². The number of carbonyl (C=O) groups excluding carboxylic acids is 1. The molecule has 31 heavy (non-hydrogen) atoms. The minimum atomic E-state index is -0.0530. The number of benzene rings is 1. The number of nitrogens with one attached hydrogen (secondary N) is 2. The Morgan fingerprint density at radius 2 is 1.90 bits per heavy atom. The molecule has 0 spiro atoms. The third-order valence-electron chi connectivity index (χ3n) is 6.83. The van der Waals surface area contributed by atoms with Crippen molar-refractivity contribution in [3.05, 3.63) is 51.9 Å². The molecule has 4 rings (SSSR count). The van der Waals surface area contributed by atoms with Crippen LogP contribution in [0.15, 0.2) is 40.8 Å². The van der Waals surface area contributed by atoms with E-state index in [1.807, 2.05) is 12.1 Å². The third-order valence-corrected chi connectivity index (χ3v) is 6.83. The van der Waals surface area contributed by atoms with Crippen LogP contribution < -0.4 is 15.7 Å². The Balaban J connectivity index is 1.50. The first-order valence-corrected chi connectivity index (χ1v) is 11.7. The lowest BCUT2D eigenvalue weighted by Gasteiger charge is -2.36. The highest BCUT2D eigenvalue weighted by atomic mass is 16.6. The fourth-order valence-corrected chi connectivity index (χ4v) is 5.09. The van der Waals surface area contributed by atoms with E-state index in [2.05, 4.69) is 42.5 Å². The van der Waals surface area contributed by atoms with Crippen molar-refractivity contribution in [2.45, 2.75) is 65.3 Å². The summed E-state index contributed by atoms with van der Waals surface area (Å²) in [6, 6.07) is 6.50. The molecule has 0 atom stereocenters. The molecule has 0 unspecified atom stereocenters. The van der Waals surface area contributed by atoms with Crippen LogP contribution in [0.4, 0.5) is 5.69 Å². The van der Waals surface area contributed by atoms with Gasteiger partial charge in [-0.1, -0.05) is 6.07 Å².